The zero-order valence-electron chi connectivity index (χ0n) is 10.3. The van der Waals surface area contributed by atoms with Crippen LogP contribution in [0.1, 0.15) is 26.3 Å². The van der Waals surface area contributed by atoms with Gasteiger partial charge in [-0.15, -0.1) is 0 Å². The summed E-state index contributed by atoms with van der Waals surface area (Å²) >= 11 is 3.45. The van der Waals surface area contributed by atoms with E-state index in [9.17, 15) is 0 Å². The van der Waals surface area contributed by atoms with Crippen molar-refractivity contribution in [1.82, 2.24) is 5.32 Å². The second kappa shape index (κ2) is 6.87. The highest BCUT2D eigenvalue weighted by atomic mass is 79.9. The Morgan fingerprint density at radius 3 is 2.44 bits per heavy atom. The Balaban J connectivity index is 2.80. The van der Waals surface area contributed by atoms with Crippen LogP contribution < -0.4 is 5.32 Å². The van der Waals surface area contributed by atoms with Crippen LogP contribution in [0.15, 0.2) is 34.3 Å². The summed E-state index contributed by atoms with van der Waals surface area (Å²) in [6.07, 6.45) is 2.28. The van der Waals surface area contributed by atoms with Crippen LogP contribution in [-0.2, 0) is 0 Å². The van der Waals surface area contributed by atoms with Crippen molar-refractivity contribution in [1.29, 1.82) is 0 Å². The molecule has 1 rings (SSSR count). The second-order valence-electron chi connectivity index (χ2n) is 4.21. The maximum Gasteiger partial charge on any atom is 0.0175 e. The van der Waals surface area contributed by atoms with Crippen LogP contribution in [0.4, 0.5) is 0 Å². The van der Waals surface area contributed by atoms with Gasteiger partial charge in [0.25, 0.3) is 0 Å². The number of hydrogen-bond acceptors (Lipinski definition) is 1. The van der Waals surface area contributed by atoms with Gasteiger partial charge in [0.15, 0.2) is 0 Å². The Labute approximate surface area is 107 Å². The first-order chi connectivity index (χ1) is 7.63. The molecule has 0 saturated heterocycles. The Bertz CT molecular complexity index is 338. The number of hydrogen-bond donors (Lipinski definition) is 1. The lowest BCUT2D eigenvalue weighted by atomic mass is 10.0. The van der Waals surface area contributed by atoms with Gasteiger partial charge in [0.1, 0.15) is 0 Å². The molecule has 88 valence electrons. The summed E-state index contributed by atoms with van der Waals surface area (Å²) in [5, 5.41) is 3.38. The fraction of sp³-hybridized carbons (Fsp3) is 0.429. The summed E-state index contributed by atoms with van der Waals surface area (Å²) in [5.74, 6) is 0.586. The molecule has 0 aliphatic heterocycles. The van der Waals surface area contributed by atoms with Crippen LogP contribution in [-0.4, -0.2) is 13.1 Å². The quantitative estimate of drug-likeness (QED) is 0.857. The van der Waals surface area contributed by atoms with Crippen LogP contribution in [0.25, 0.3) is 6.08 Å². The van der Waals surface area contributed by atoms with Crippen molar-refractivity contribution in [2.24, 2.45) is 5.92 Å². The topological polar surface area (TPSA) is 12.0 Å². The molecule has 0 radical (unpaired) electrons. The van der Waals surface area contributed by atoms with Gasteiger partial charge in [-0.2, -0.15) is 0 Å². The highest BCUT2D eigenvalue weighted by Crippen LogP contribution is 2.16. The first-order valence-corrected chi connectivity index (χ1v) is 6.59. The summed E-state index contributed by atoms with van der Waals surface area (Å²) in [6, 6.07) is 8.44. The highest BCUT2D eigenvalue weighted by Gasteiger charge is 2.02. The van der Waals surface area contributed by atoms with Crippen molar-refractivity contribution in [3.63, 3.8) is 0 Å². The normalized spacial score (nSPS) is 12.2. The summed E-state index contributed by atoms with van der Waals surface area (Å²) in [7, 11) is 0. The summed E-state index contributed by atoms with van der Waals surface area (Å²) in [6.45, 7) is 8.61. The summed E-state index contributed by atoms with van der Waals surface area (Å²) in [5.41, 5.74) is 2.72. The zero-order valence-corrected chi connectivity index (χ0v) is 11.8. The van der Waals surface area contributed by atoms with E-state index in [1.807, 2.05) is 0 Å². The van der Waals surface area contributed by atoms with E-state index < -0.39 is 0 Å². The Hall–Kier alpha value is -0.600. The predicted molar refractivity (Wildman–Crippen MR) is 75.5 cm³/mol. The molecular formula is C14H20BrN. The SMILES string of the molecule is CCNCC(=Cc1ccc(Br)cc1)C(C)C. The molecule has 1 aromatic rings. The van der Waals surface area contributed by atoms with Crippen LogP contribution in [0.5, 0.6) is 0 Å². The molecule has 1 nitrogen and oxygen atoms in total. The van der Waals surface area contributed by atoms with Gasteiger partial charge >= 0.3 is 0 Å². The minimum absolute atomic E-state index is 0.586. The van der Waals surface area contributed by atoms with Crippen molar-refractivity contribution in [3.05, 3.63) is 39.9 Å². The number of likely N-dealkylation sites (N-methyl/N-ethyl adjacent to an activating group) is 1. The molecule has 0 bridgehead atoms. The molecule has 0 aliphatic carbocycles. The molecule has 0 heterocycles. The van der Waals surface area contributed by atoms with Gasteiger partial charge in [-0.3, -0.25) is 0 Å². The maximum absolute atomic E-state index is 3.45. The average Bonchev–Trinajstić information content (AvgIpc) is 2.26. The minimum Gasteiger partial charge on any atom is -0.313 e. The predicted octanol–water partition coefficient (Wildman–Crippen LogP) is 4.10. The standard InChI is InChI=1S/C14H20BrN/c1-4-16-10-13(11(2)3)9-12-5-7-14(15)8-6-12/h5-9,11,16H,4,10H2,1-3H3. The van der Waals surface area contributed by atoms with Crippen molar-refractivity contribution >= 4 is 22.0 Å². The average molecular weight is 282 g/mol. The molecule has 0 unspecified atom stereocenters. The Morgan fingerprint density at radius 2 is 1.94 bits per heavy atom. The summed E-state index contributed by atoms with van der Waals surface area (Å²) in [4.78, 5) is 0. The number of benzene rings is 1. The molecule has 0 spiro atoms. The molecule has 0 aromatic heterocycles. The molecule has 1 aromatic carbocycles. The fourth-order valence-corrected chi connectivity index (χ4v) is 1.73. The lowest BCUT2D eigenvalue weighted by Gasteiger charge is -2.12. The third-order valence-electron chi connectivity index (χ3n) is 2.54. The largest absolute Gasteiger partial charge is 0.313 e. The lowest BCUT2D eigenvalue weighted by molar-refractivity contribution is 0.682. The first kappa shape index (κ1) is 13.5. The molecule has 0 atom stereocenters. The first-order valence-electron chi connectivity index (χ1n) is 5.80. The molecule has 0 fully saturated rings. The molecular weight excluding hydrogens is 262 g/mol. The van der Waals surface area contributed by atoms with Crippen molar-refractivity contribution in [2.75, 3.05) is 13.1 Å². The van der Waals surface area contributed by atoms with E-state index in [2.05, 4.69) is 72.4 Å². The van der Waals surface area contributed by atoms with Crippen molar-refractivity contribution < 1.29 is 0 Å². The van der Waals surface area contributed by atoms with Crippen LogP contribution in [0, 0.1) is 5.92 Å². The van der Waals surface area contributed by atoms with E-state index >= 15 is 0 Å². The van der Waals surface area contributed by atoms with E-state index in [0.717, 1.165) is 17.6 Å². The van der Waals surface area contributed by atoms with Gasteiger partial charge in [-0.05, 0) is 30.2 Å². The van der Waals surface area contributed by atoms with E-state index in [4.69, 9.17) is 0 Å². The Kier molecular flexibility index (Phi) is 5.78. The Morgan fingerprint density at radius 1 is 1.31 bits per heavy atom. The number of rotatable bonds is 5. The van der Waals surface area contributed by atoms with E-state index in [-0.39, 0.29) is 0 Å². The molecule has 0 aliphatic rings. The number of halogens is 1. The van der Waals surface area contributed by atoms with Gasteiger partial charge < -0.3 is 5.32 Å². The third kappa shape index (κ3) is 4.50. The van der Waals surface area contributed by atoms with Crippen LogP contribution in [0.3, 0.4) is 0 Å². The van der Waals surface area contributed by atoms with Crippen LogP contribution in [0.2, 0.25) is 0 Å². The van der Waals surface area contributed by atoms with E-state index in [1.165, 1.54) is 11.1 Å². The van der Waals surface area contributed by atoms with Crippen molar-refractivity contribution in [3.8, 4) is 0 Å². The lowest BCUT2D eigenvalue weighted by Crippen LogP contribution is -2.18. The third-order valence-corrected chi connectivity index (χ3v) is 3.07. The second-order valence-corrected chi connectivity index (χ2v) is 5.12. The maximum atomic E-state index is 3.45. The van der Waals surface area contributed by atoms with Gasteiger partial charge in [-0.25, -0.2) is 0 Å². The van der Waals surface area contributed by atoms with Gasteiger partial charge in [0.05, 0.1) is 0 Å². The molecule has 16 heavy (non-hydrogen) atoms. The van der Waals surface area contributed by atoms with Gasteiger partial charge in [0.2, 0.25) is 0 Å². The highest BCUT2D eigenvalue weighted by molar-refractivity contribution is 9.10. The monoisotopic (exact) mass is 281 g/mol. The summed E-state index contributed by atoms with van der Waals surface area (Å²) < 4.78 is 1.13. The van der Waals surface area contributed by atoms with Gasteiger partial charge in [0, 0.05) is 11.0 Å². The molecule has 2 heteroatoms. The molecule has 0 saturated carbocycles. The number of nitrogens with one attached hydrogen (secondary N) is 1. The van der Waals surface area contributed by atoms with Crippen LogP contribution >= 0.6 is 15.9 Å². The molecule has 1 N–H and O–H groups in total. The fourth-order valence-electron chi connectivity index (χ4n) is 1.46. The molecule has 0 amide bonds. The smallest absolute Gasteiger partial charge is 0.0175 e. The zero-order chi connectivity index (χ0) is 12.0. The van der Waals surface area contributed by atoms with E-state index in [1.54, 1.807) is 0 Å². The van der Waals surface area contributed by atoms with Crippen molar-refractivity contribution in [2.45, 2.75) is 20.8 Å². The van der Waals surface area contributed by atoms with Gasteiger partial charge in [-0.1, -0.05) is 60.5 Å². The van der Waals surface area contributed by atoms with E-state index in [0.29, 0.717) is 5.92 Å². The minimum atomic E-state index is 0.586.